The molecule has 0 aliphatic heterocycles. The predicted molar refractivity (Wildman–Crippen MR) is 78.3 cm³/mol. The number of benzene rings is 1. The van der Waals surface area contributed by atoms with E-state index < -0.39 is 11.8 Å². The summed E-state index contributed by atoms with van der Waals surface area (Å²) in [6.07, 6.45) is 0.862. The van der Waals surface area contributed by atoms with Gasteiger partial charge in [0.05, 0.1) is 0 Å². The SMILES string of the molecule is CCc1cccc(NC(=O)C(=O)NC(C)C(C)CO)c1. The molecule has 2 atom stereocenters. The van der Waals surface area contributed by atoms with Crippen molar-refractivity contribution in [3.63, 3.8) is 0 Å². The summed E-state index contributed by atoms with van der Waals surface area (Å²) in [5, 5.41) is 14.1. The molecule has 0 radical (unpaired) electrons. The minimum absolute atomic E-state index is 0.0401. The Bertz CT molecular complexity index is 474. The zero-order chi connectivity index (χ0) is 15.1. The van der Waals surface area contributed by atoms with Crippen molar-refractivity contribution in [1.29, 1.82) is 0 Å². The first-order chi connectivity index (χ1) is 9.47. The van der Waals surface area contributed by atoms with Gasteiger partial charge in [-0.15, -0.1) is 0 Å². The number of aliphatic hydroxyl groups is 1. The van der Waals surface area contributed by atoms with Crippen molar-refractivity contribution in [2.45, 2.75) is 33.2 Å². The Morgan fingerprint density at radius 3 is 2.55 bits per heavy atom. The molecular formula is C15H22N2O3. The standard InChI is InChI=1S/C15H22N2O3/c1-4-12-6-5-7-13(8-12)17-15(20)14(19)16-11(3)10(2)9-18/h5-8,10-11,18H,4,9H2,1-3H3,(H,16,19)(H,17,20). The molecule has 20 heavy (non-hydrogen) atoms. The van der Waals surface area contributed by atoms with Gasteiger partial charge in [-0.25, -0.2) is 0 Å². The lowest BCUT2D eigenvalue weighted by atomic mass is 10.1. The highest BCUT2D eigenvalue weighted by atomic mass is 16.3. The number of carbonyl (C=O) groups excluding carboxylic acids is 2. The van der Waals surface area contributed by atoms with E-state index in [9.17, 15) is 9.59 Å². The van der Waals surface area contributed by atoms with Gasteiger partial charge < -0.3 is 15.7 Å². The first-order valence-electron chi connectivity index (χ1n) is 6.79. The lowest BCUT2D eigenvalue weighted by Crippen LogP contribution is -2.43. The monoisotopic (exact) mass is 278 g/mol. The minimum atomic E-state index is -0.699. The molecule has 0 fully saturated rings. The van der Waals surface area contributed by atoms with E-state index in [1.54, 1.807) is 19.9 Å². The van der Waals surface area contributed by atoms with Crippen LogP contribution in [0.1, 0.15) is 26.3 Å². The fraction of sp³-hybridized carbons (Fsp3) is 0.467. The van der Waals surface area contributed by atoms with Crippen LogP contribution in [0, 0.1) is 5.92 Å². The molecule has 0 heterocycles. The number of aryl methyl sites for hydroxylation is 1. The zero-order valence-electron chi connectivity index (χ0n) is 12.1. The van der Waals surface area contributed by atoms with E-state index in [4.69, 9.17) is 5.11 Å². The van der Waals surface area contributed by atoms with E-state index in [-0.39, 0.29) is 18.6 Å². The minimum Gasteiger partial charge on any atom is -0.396 e. The molecule has 1 rings (SSSR count). The summed E-state index contributed by atoms with van der Waals surface area (Å²) in [5.74, 6) is -1.50. The second kappa shape index (κ2) is 7.65. The lowest BCUT2D eigenvalue weighted by molar-refractivity contribution is -0.136. The summed E-state index contributed by atoms with van der Waals surface area (Å²) in [7, 11) is 0. The van der Waals surface area contributed by atoms with E-state index in [1.807, 2.05) is 25.1 Å². The smallest absolute Gasteiger partial charge is 0.313 e. The largest absolute Gasteiger partial charge is 0.396 e. The average molecular weight is 278 g/mol. The maximum absolute atomic E-state index is 11.8. The Morgan fingerprint density at radius 1 is 1.25 bits per heavy atom. The third kappa shape index (κ3) is 4.66. The van der Waals surface area contributed by atoms with Crippen molar-refractivity contribution in [3.05, 3.63) is 29.8 Å². The molecule has 0 aliphatic rings. The Hall–Kier alpha value is -1.88. The van der Waals surface area contributed by atoms with Gasteiger partial charge in [0.15, 0.2) is 0 Å². The summed E-state index contributed by atoms with van der Waals surface area (Å²) in [4.78, 5) is 23.5. The highest BCUT2D eigenvalue weighted by molar-refractivity contribution is 6.39. The maximum atomic E-state index is 11.8. The summed E-state index contributed by atoms with van der Waals surface area (Å²) >= 11 is 0. The van der Waals surface area contributed by atoms with E-state index in [2.05, 4.69) is 10.6 Å². The van der Waals surface area contributed by atoms with E-state index in [0.29, 0.717) is 5.69 Å². The topological polar surface area (TPSA) is 78.4 Å². The van der Waals surface area contributed by atoms with Crippen LogP contribution in [0.5, 0.6) is 0 Å². The van der Waals surface area contributed by atoms with Crippen molar-refractivity contribution >= 4 is 17.5 Å². The molecule has 0 saturated carbocycles. The van der Waals surface area contributed by atoms with Gasteiger partial charge in [-0.3, -0.25) is 9.59 Å². The number of anilines is 1. The normalized spacial score (nSPS) is 13.4. The quantitative estimate of drug-likeness (QED) is 0.711. The molecular weight excluding hydrogens is 256 g/mol. The molecule has 0 spiro atoms. The van der Waals surface area contributed by atoms with Crippen LogP contribution < -0.4 is 10.6 Å². The number of hydrogen-bond donors (Lipinski definition) is 3. The third-order valence-corrected chi connectivity index (χ3v) is 3.30. The number of hydrogen-bond acceptors (Lipinski definition) is 3. The van der Waals surface area contributed by atoms with Gasteiger partial charge in [-0.05, 0) is 37.0 Å². The van der Waals surface area contributed by atoms with Crippen molar-refractivity contribution in [1.82, 2.24) is 5.32 Å². The number of nitrogens with one attached hydrogen (secondary N) is 2. The summed E-state index contributed by atoms with van der Waals surface area (Å²) < 4.78 is 0. The van der Waals surface area contributed by atoms with Gasteiger partial charge in [0.25, 0.3) is 0 Å². The van der Waals surface area contributed by atoms with Crippen molar-refractivity contribution in [3.8, 4) is 0 Å². The van der Waals surface area contributed by atoms with E-state index in [0.717, 1.165) is 12.0 Å². The van der Waals surface area contributed by atoms with Gasteiger partial charge in [0.2, 0.25) is 0 Å². The molecule has 5 heteroatoms. The van der Waals surface area contributed by atoms with Gasteiger partial charge in [0.1, 0.15) is 0 Å². The van der Waals surface area contributed by atoms with Crippen LogP contribution in [0.4, 0.5) is 5.69 Å². The van der Waals surface area contributed by atoms with Gasteiger partial charge in [-0.2, -0.15) is 0 Å². The Labute approximate surface area is 119 Å². The Kier molecular flexibility index (Phi) is 6.18. The van der Waals surface area contributed by atoms with Crippen molar-refractivity contribution in [2.24, 2.45) is 5.92 Å². The third-order valence-electron chi connectivity index (χ3n) is 3.30. The Balaban J connectivity index is 2.59. The molecule has 2 amide bonds. The first kappa shape index (κ1) is 16.2. The molecule has 0 aliphatic carbocycles. The van der Waals surface area contributed by atoms with Crippen molar-refractivity contribution in [2.75, 3.05) is 11.9 Å². The van der Waals surface area contributed by atoms with Crippen LogP contribution in [0.2, 0.25) is 0 Å². The molecule has 2 unspecified atom stereocenters. The van der Waals surface area contributed by atoms with Crippen LogP contribution in [-0.2, 0) is 16.0 Å². The van der Waals surface area contributed by atoms with Gasteiger partial charge in [-0.1, -0.05) is 26.0 Å². The lowest BCUT2D eigenvalue weighted by Gasteiger charge is -2.18. The van der Waals surface area contributed by atoms with Crippen LogP contribution in [0.25, 0.3) is 0 Å². The highest BCUT2D eigenvalue weighted by Gasteiger charge is 2.19. The molecule has 0 saturated heterocycles. The molecule has 0 bridgehead atoms. The fourth-order valence-electron chi connectivity index (χ4n) is 1.63. The molecule has 3 N–H and O–H groups in total. The summed E-state index contributed by atoms with van der Waals surface area (Å²) in [5.41, 5.74) is 1.69. The van der Waals surface area contributed by atoms with Crippen LogP contribution in [0.15, 0.2) is 24.3 Å². The van der Waals surface area contributed by atoms with Crippen LogP contribution in [-0.4, -0.2) is 29.6 Å². The molecule has 1 aromatic rings. The maximum Gasteiger partial charge on any atom is 0.313 e. The number of amides is 2. The molecule has 110 valence electrons. The molecule has 5 nitrogen and oxygen atoms in total. The van der Waals surface area contributed by atoms with Crippen LogP contribution in [0.3, 0.4) is 0 Å². The summed E-state index contributed by atoms with van der Waals surface area (Å²) in [6, 6.07) is 7.11. The molecule has 1 aromatic carbocycles. The second-order valence-corrected chi connectivity index (χ2v) is 4.93. The van der Waals surface area contributed by atoms with Crippen LogP contribution >= 0.6 is 0 Å². The summed E-state index contributed by atoms with van der Waals surface area (Å²) in [6.45, 7) is 5.53. The number of aliphatic hydroxyl groups excluding tert-OH is 1. The number of carbonyl (C=O) groups is 2. The molecule has 0 aromatic heterocycles. The predicted octanol–water partition coefficient (Wildman–Crippen LogP) is 1.32. The zero-order valence-corrected chi connectivity index (χ0v) is 12.1. The van der Waals surface area contributed by atoms with E-state index in [1.165, 1.54) is 0 Å². The highest BCUT2D eigenvalue weighted by Crippen LogP contribution is 2.11. The average Bonchev–Trinajstić information content (AvgIpc) is 2.46. The first-order valence-corrected chi connectivity index (χ1v) is 6.79. The van der Waals surface area contributed by atoms with Gasteiger partial charge >= 0.3 is 11.8 Å². The van der Waals surface area contributed by atoms with E-state index >= 15 is 0 Å². The van der Waals surface area contributed by atoms with Gasteiger partial charge in [0, 0.05) is 18.3 Å². The van der Waals surface area contributed by atoms with Crippen molar-refractivity contribution < 1.29 is 14.7 Å². The second-order valence-electron chi connectivity index (χ2n) is 4.93. The fourth-order valence-corrected chi connectivity index (χ4v) is 1.63. The number of rotatable bonds is 5. The Morgan fingerprint density at radius 2 is 1.95 bits per heavy atom.